The second kappa shape index (κ2) is 6.40. The Kier molecular flexibility index (Phi) is 4.32. The molecule has 1 fully saturated rings. The van der Waals surface area contributed by atoms with Crippen LogP contribution in [0.3, 0.4) is 0 Å². The first kappa shape index (κ1) is 15.5. The highest BCUT2D eigenvalue weighted by molar-refractivity contribution is 5.78. The number of hydrogen-bond acceptors (Lipinski definition) is 3. The molecule has 5 nitrogen and oxygen atoms in total. The number of amides is 1. The highest BCUT2D eigenvalue weighted by Crippen LogP contribution is 2.25. The lowest BCUT2D eigenvalue weighted by Crippen LogP contribution is -2.52. The van der Waals surface area contributed by atoms with Crippen molar-refractivity contribution in [3.05, 3.63) is 48.3 Å². The molecule has 122 valence electrons. The van der Waals surface area contributed by atoms with Crippen LogP contribution in [0.5, 0.6) is 5.75 Å². The third-order valence-corrected chi connectivity index (χ3v) is 4.00. The van der Waals surface area contributed by atoms with Crippen molar-refractivity contribution >= 4 is 5.91 Å². The van der Waals surface area contributed by atoms with Crippen molar-refractivity contribution in [2.75, 3.05) is 19.7 Å². The molecule has 0 saturated carbocycles. The number of hydrogen-bond donors (Lipinski definition) is 0. The van der Waals surface area contributed by atoms with Crippen molar-refractivity contribution in [3.8, 4) is 5.75 Å². The normalized spacial score (nSPS) is 14.9. The van der Waals surface area contributed by atoms with Gasteiger partial charge in [-0.05, 0) is 24.3 Å². The summed E-state index contributed by atoms with van der Waals surface area (Å²) in [5, 5.41) is 0. The Balaban J connectivity index is 1.50. The molecular formula is C17H20FN3O2. The molecule has 0 N–H and O–H groups in total. The number of carbonyl (C=O) groups is 1. The zero-order valence-electron chi connectivity index (χ0n) is 13.3. The van der Waals surface area contributed by atoms with Crippen LogP contribution < -0.4 is 4.74 Å². The predicted octanol–water partition coefficient (Wildman–Crippen LogP) is 2.61. The maximum atomic E-state index is 12.8. The number of imidazole rings is 1. The molecule has 1 saturated heterocycles. The summed E-state index contributed by atoms with van der Waals surface area (Å²) in [7, 11) is 0. The Bertz CT molecular complexity index is 675. The Morgan fingerprint density at radius 1 is 1.35 bits per heavy atom. The van der Waals surface area contributed by atoms with Gasteiger partial charge < -0.3 is 14.2 Å². The number of benzene rings is 1. The molecule has 2 aromatic rings. The molecule has 6 heteroatoms. The van der Waals surface area contributed by atoms with E-state index < -0.39 is 0 Å². The summed E-state index contributed by atoms with van der Waals surface area (Å²) in [4.78, 5) is 18.2. The minimum atomic E-state index is -0.324. The van der Waals surface area contributed by atoms with E-state index in [4.69, 9.17) is 4.74 Å². The van der Waals surface area contributed by atoms with E-state index in [0.717, 1.165) is 5.82 Å². The van der Waals surface area contributed by atoms with E-state index in [2.05, 4.69) is 23.4 Å². The second-order valence-corrected chi connectivity index (χ2v) is 6.04. The lowest BCUT2D eigenvalue weighted by molar-refractivity contribution is -0.139. The van der Waals surface area contributed by atoms with Crippen molar-refractivity contribution in [3.63, 3.8) is 0 Å². The third-order valence-electron chi connectivity index (χ3n) is 4.00. The predicted molar refractivity (Wildman–Crippen MR) is 83.8 cm³/mol. The summed E-state index contributed by atoms with van der Waals surface area (Å²) in [6.45, 7) is 5.52. The Morgan fingerprint density at radius 2 is 2.04 bits per heavy atom. The fourth-order valence-corrected chi connectivity index (χ4v) is 2.68. The molecule has 0 aliphatic carbocycles. The molecule has 0 radical (unpaired) electrons. The number of ether oxygens (including phenoxy) is 1. The monoisotopic (exact) mass is 317 g/mol. The smallest absolute Gasteiger partial charge is 0.260 e. The SMILES string of the molecule is CC(C)c1nccn1C1CN(C(=O)COc2ccc(F)cc2)C1. The van der Waals surface area contributed by atoms with Gasteiger partial charge in [0, 0.05) is 31.4 Å². The van der Waals surface area contributed by atoms with Crippen LogP contribution in [0.2, 0.25) is 0 Å². The molecule has 1 aromatic heterocycles. The maximum absolute atomic E-state index is 12.8. The van der Waals surface area contributed by atoms with Gasteiger partial charge in [0.2, 0.25) is 0 Å². The highest BCUT2D eigenvalue weighted by atomic mass is 19.1. The first-order chi connectivity index (χ1) is 11.0. The van der Waals surface area contributed by atoms with Crippen LogP contribution >= 0.6 is 0 Å². The average Bonchev–Trinajstić information content (AvgIpc) is 2.94. The fourth-order valence-electron chi connectivity index (χ4n) is 2.68. The molecule has 0 bridgehead atoms. The molecule has 1 aliphatic heterocycles. The van der Waals surface area contributed by atoms with E-state index in [-0.39, 0.29) is 24.4 Å². The average molecular weight is 317 g/mol. The molecule has 23 heavy (non-hydrogen) atoms. The van der Waals surface area contributed by atoms with Gasteiger partial charge >= 0.3 is 0 Å². The van der Waals surface area contributed by atoms with Crippen LogP contribution in [0.15, 0.2) is 36.7 Å². The van der Waals surface area contributed by atoms with Gasteiger partial charge in [-0.3, -0.25) is 4.79 Å². The standard InChI is InChI=1S/C17H20FN3O2/c1-12(2)17-19-7-8-21(17)14-9-20(10-14)16(22)11-23-15-5-3-13(18)4-6-15/h3-8,12,14H,9-11H2,1-2H3. The van der Waals surface area contributed by atoms with Crippen LogP contribution in [0.25, 0.3) is 0 Å². The summed E-state index contributed by atoms with van der Waals surface area (Å²) < 4.78 is 20.3. The minimum absolute atomic E-state index is 0.0285. The number of aromatic nitrogens is 2. The summed E-state index contributed by atoms with van der Waals surface area (Å²) >= 11 is 0. The Morgan fingerprint density at radius 3 is 2.70 bits per heavy atom. The van der Waals surface area contributed by atoms with Gasteiger partial charge in [0.1, 0.15) is 17.4 Å². The van der Waals surface area contributed by atoms with E-state index in [1.54, 1.807) is 11.1 Å². The van der Waals surface area contributed by atoms with Gasteiger partial charge in [0.05, 0.1) is 6.04 Å². The molecule has 1 aromatic carbocycles. The molecule has 1 aliphatic rings. The number of likely N-dealkylation sites (tertiary alicyclic amines) is 1. The fraction of sp³-hybridized carbons (Fsp3) is 0.412. The van der Waals surface area contributed by atoms with Gasteiger partial charge in [0.15, 0.2) is 6.61 Å². The lowest BCUT2D eigenvalue weighted by atomic mass is 10.1. The van der Waals surface area contributed by atoms with Crippen LogP contribution in [0, 0.1) is 5.82 Å². The van der Waals surface area contributed by atoms with Crippen LogP contribution in [0.4, 0.5) is 4.39 Å². The van der Waals surface area contributed by atoms with Crippen molar-refractivity contribution in [1.29, 1.82) is 0 Å². The zero-order valence-corrected chi connectivity index (χ0v) is 13.3. The summed E-state index contributed by atoms with van der Waals surface area (Å²) in [5.74, 6) is 1.52. The number of halogens is 1. The number of nitrogens with zero attached hydrogens (tertiary/aromatic N) is 3. The van der Waals surface area contributed by atoms with Gasteiger partial charge in [-0.2, -0.15) is 0 Å². The van der Waals surface area contributed by atoms with E-state index >= 15 is 0 Å². The largest absolute Gasteiger partial charge is 0.484 e. The first-order valence-corrected chi connectivity index (χ1v) is 7.73. The molecule has 0 atom stereocenters. The summed E-state index contributed by atoms with van der Waals surface area (Å²) in [6, 6.07) is 5.94. The quantitative estimate of drug-likeness (QED) is 0.851. The number of rotatable bonds is 5. The topological polar surface area (TPSA) is 47.4 Å². The Labute approximate surface area is 134 Å². The van der Waals surface area contributed by atoms with Crippen LogP contribution in [-0.2, 0) is 4.79 Å². The summed E-state index contributed by atoms with van der Waals surface area (Å²) in [6.07, 6.45) is 3.77. The second-order valence-electron chi connectivity index (χ2n) is 6.04. The molecule has 1 amide bonds. The summed E-state index contributed by atoms with van der Waals surface area (Å²) in [5.41, 5.74) is 0. The first-order valence-electron chi connectivity index (χ1n) is 7.73. The van der Waals surface area contributed by atoms with Crippen LogP contribution in [0.1, 0.15) is 31.6 Å². The van der Waals surface area contributed by atoms with Crippen molar-refractivity contribution in [1.82, 2.24) is 14.5 Å². The molecule has 2 heterocycles. The van der Waals surface area contributed by atoms with E-state index in [9.17, 15) is 9.18 Å². The highest BCUT2D eigenvalue weighted by Gasteiger charge is 2.33. The molecule has 0 unspecified atom stereocenters. The minimum Gasteiger partial charge on any atom is -0.484 e. The van der Waals surface area contributed by atoms with E-state index in [0.29, 0.717) is 24.8 Å². The third kappa shape index (κ3) is 3.36. The van der Waals surface area contributed by atoms with Crippen molar-refractivity contribution < 1.29 is 13.9 Å². The van der Waals surface area contributed by atoms with E-state index in [1.807, 2.05) is 6.20 Å². The molecule has 3 rings (SSSR count). The van der Waals surface area contributed by atoms with Crippen molar-refractivity contribution in [2.45, 2.75) is 25.8 Å². The Hall–Kier alpha value is -2.37. The maximum Gasteiger partial charge on any atom is 0.260 e. The molecule has 0 spiro atoms. The zero-order chi connectivity index (χ0) is 16.4. The van der Waals surface area contributed by atoms with Gasteiger partial charge in [-0.15, -0.1) is 0 Å². The van der Waals surface area contributed by atoms with Gasteiger partial charge in [-0.25, -0.2) is 9.37 Å². The van der Waals surface area contributed by atoms with E-state index in [1.165, 1.54) is 24.3 Å². The van der Waals surface area contributed by atoms with Gasteiger partial charge in [-0.1, -0.05) is 13.8 Å². The van der Waals surface area contributed by atoms with Crippen molar-refractivity contribution in [2.24, 2.45) is 0 Å². The lowest BCUT2D eigenvalue weighted by Gasteiger charge is -2.40. The van der Waals surface area contributed by atoms with Crippen LogP contribution in [-0.4, -0.2) is 40.1 Å². The van der Waals surface area contributed by atoms with Gasteiger partial charge in [0.25, 0.3) is 5.91 Å². The molecular weight excluding hydrogens is 297 g/mol. The number of carbonyl (C=O) groups excluding carboxylic acids is 1.